The predicted octanol–water partition coefficient (Wildman–Crippen LogP) is 2.52. The molecule has 1 saturated heterocycles. The number of rotatable bonds is 6. The van der Waals surface area contributed by atoms with Gasteiger partial charge in [0, 0.05) is 45.1 Å². The molecule has 3 rings (SSSR count). The van der Waals surface area contributed by atoms with E-state index in [0.29, 0.717) is 5.92 Å². The van der Waals surface area contributed by atoms with E-state index in [1.165, 1.54) is 11.1 Å². The number of nitrogens with one attached hydrogen (secondary N) is 2. The van der Waals surface area contributed by atoms with Gasteiger partial charge in [0.05, 0.1) is 12.6 Å². The van der Waals surface area contributed by atoms with Gasteiger partial charge in [-0.1, -0.05) is 29.8 Å². The Hall–Kier alpha value is -2.34. The fraction of sp³-hybridized carbons (Fsp3) is 0.500. The largest absolute Gasteiger partial charge is 0.373 e. The molecule has 1 aliphatic rings. The highest BCUT2D eigenvalue weighted by Crippen LogP contribution is 2.33. The Bertz CT molecular complexity index is 681. The Kier molecular flexibility index (Phi) is 6.66. The molecule has 2 heterocycles. The lowest BCUT2D eigenvalue weighted by Crippen LogP contribution is -2.42. The van der Waals surface area contributed by atoms with E-state index in [2.05, 4.69) is 51.9 Å². The Morgan fingerprint density at radius 3 is 2.88 bits per heavy atom. The van der Waals surface area contributed by atoms with Gasteiger partial charge in [-0.15, -0.1) is 0 Å². The van der Waals surface area contributed by atoms with Crippen LogP contribution in [0.5, 0.6) is 0 Å². The van der Waals surface area contributed by atoms with Crippen LogP contribution >= 0.6 is 0 Å². The van der Waals surface area contributed by atoms with Crippen LogP contribution in [0.1, 0.15) is 30.1 Å². The molecule has 0 aliphatic carbocycles. The first-order valence-corrected chi connectivity index (χ1v) is 9.36. The number of aromatic nitrogens is 2. The molecule has 0 amide bonds. The Morgan fingerprint density at radius 2 is 2.15 bits per heavy atom. The summed E-state index contributed by atoms with van der Waals surface area (Å²) in [5, 5.41) is 11.0. The number of benzene rings is 1. The fourth-order valence-corrected chi connectivity index (χ4v) is 3.35. The lowest BCUT2D eigenvalue weighted by Gasteiger charge is -2.32. The summed E-state index contributed by atoms with van der Waals surface area (Å²) in [6.45, 7) is 5.39. The minimum absolute atomic E-state index is 0.152. The summed E-state index contributed by atoms with van der Waals surface area (Å²) in [7, 11) is 1.80. The van der Waals surface area contributed by atoms with Gasteiger partial charge >= 0.3 is 0 Å². The smallest absolute Gasteiger partial charge is 0.191 e. The van der Waals surface area contributed by atoms with Crippen LogP contribution in [0.2, 0.25) is 0 Å². The van der Waals surface area contributed by atoms with Gasteiger partial charge < -0.3 is 15.4 Å². The van der Waals surface area contributed by atoms with Crippen molar-refractivity contribution in [3.63, 3.8) is 0 Å². The average Bonchev–Trinajstić information content (AvgIpc) is 3.19. The molecular formula is C20H29N5O. The first-order valence-electron chi connectivity index (χ1n) is 9.36. The van der Waals surface area contributed by atoms with Crippen molar-refractivity contribution < 1.29 is 4.74 Å². The maximum Gasteiger partial charge on any atom is 0.191 e. The quantitative estimate of drug-likeness (QED) is 0.617. The zero-order chi connectivity index (χ0) is 18.2. The van der Waals surface area contributed by atoms with Crippen molar-refractivity contribution in [2.45, 2.75) is 32.4 Å². The van der Waals surface area contributed by atoms with E-state index in [-0.39, 0.29) is 6.10 Å². The summed E-state index contributed by atoms with van der Waals surface area (Å²) in [6.07, 6.45) is 6.18. The van der Waals surface area contributed by atoms with Crippen LogP contribution in [0.15, 0.2) is 47.7 Å². The van der Waals surface area contributed by atoms with Crippen LogP contribution in [-0.2, 0) is 11.3 Å². The molecule has 1 aromatic carbocycles. The van der Waals surface area contributed by atoms with Crippen molar-refractivity contribution in [3.05, 3.63) is 53.9 Å². The lowest BCUT2D eigenvalue weighted by atomic mass is 9.89. The van der Waals surface area contributed by atoms with Gasteiger partial charge in [-0.05, 0) is 31.4 Å². The molecule has 0 radical (unpaired) electrons. The van der Waals surface area contributed by atoms with Gasteiger partial charge in [0.25, 0.3) is 0 Å². The number of hydrogen-bond acceptors (Lipinski definition) is 3. The fourth-order valence-electron chi connectivity index (χ4n) is 3.35. The minimum atomic E-state index is 0.152. The number of nitrogens with zero attached hydrogens (tertiary/aromatic N) is 3. The first-order chi connectivity index (χ1) is 12.8. The Morgan fingerprint density at radius 1 is 1.31 bits per heavy atom. The Balaban J connectivity index is 1.51. The number of guanidine groups is 1. The Labute approximate surface area is 155 Å². The third kappa shape index (κ3) is 5.08. The van der Waals surface area contributed by atoms with Crippen LogP contribution in [0.4, 0.5) is 0 Å². The van der Waals surface area contributed by atoms with Gasteiger partial charge in [-0.25, -0.2) is 0 Å². The highest BCUT2D eigenvalue weighted by molar-refractivity contribution is 5.79. The molecule has 26 heavy (non-hydrogen) atoms. The summed E-state index contributed by atoms with van der Waals surface area (Å²) in [4.78, 5) is 4.32. The summed E-state index contributed by atoms with van der Waals surface area (Å²) in [5.41, 5.74) is 2.55. The molecule has 0 spiro atoms. The molecule has 0 bridgehead atoms. The number of hydrogen-bond donors (Lipinski definition) is 2. The molecule has 2 atom stereocenters. The molecule has 2 N–H and O–H groups in total. The van der Waals surface area contributed by atoms with Crippen LogP contribution in [0.3, 0.4) is 0 Å². The second-order valence-electron chi connectivity index (χ2n) is 6.75. The second kappa shape index (κ2) is 9.38. The number of aliphatic imine (C=N–C) groups is 1. The zero-order valence-electron chi connectivity index (χ0n) is 15.7. The molecule has 140 valence electrons. The average molecular weight is 355 g/mol. The van der Waals surface area contributed by atoms with E-state index in [1.54, 1.807) is 13.2 Å². The van der Waals surface area contributed by atoms with E-state index in [0.717, 1.165) is 45.0 Å². The maximum absolute atomic E-state index is 6.10. The summed E-state index contributed by atoms with van der Waals surface area (Å²) in [5.74, 6) is 1.27. The van der Waals surface area contributed by atoms with Crippen molar-refractivity contribution in [1.29, 1.82) is 0 Å². The SMILES string of the molecule is CN=C(NCCn1cccn1)NCC1CCCOC1c1ccc(C)cc1. The second-order valence-corrected chi connectivity index (χ2v) is 6.75. The number of aryl methyl sites for hydroxylation is 1. The van der Waals surface area contributed by atoms with Crippen LogP contribution < -0.4 is 10.6 Å². The van der Waals surface area contributed by atoms with Gasteiger partial charge in [0.15, 0.2) is 5.96 Å². The molecule has 1 aromatic heterocycles. The van der Waals surface area contributed by atoms with Crippen LogP contribution in [0.25, 0.3) is 0 Å². The predicted molar refractivity (Wildman–Crippen MR) is 104 cm³/mol. The standard InChI is InChI=1S/C20H29N5O/c1-16-6-8-17(9-7-16)19-18(5-3-14-26-19)15-23-20(21-2)22-11-13-25-12-4-10-24-25/h4,6-10,12,18-19H,3,5,11,13-15H2,1-2H3,(H2,21,22,23). The third-order valence-electron chi connectivity index (χ3n) is 4.80. The van der Waals surface area contributed by atoms with E-state index in [1.807, 2.05) is 16.9 Å². The van der Waals surface area contributed by atoms with Crippen molar-refractivity contribution >= 4 is 5.96 Å². The molecule has 1 fully saturated rings. The van der Waals surface area contributed by atoms with Crippen LogP contribution in [0, 0.1) is 12.8 Å². The molecule has 0 saturated carbocycles. The summed E-state index contributed by atoms with van der Waals surface area (Å²) < 4.78 is 8.01. The number of ether oxygens (including phenoxy) is 1. The topological polar surface area (TPSA) is 63.5 Å². The molecule has 1 aliphatic heterocycles. The molecule has 2 unspecified atom stereocenters. The van der Waals surface area contributed by atoms with Crippen molar-refractivity contribution in [2.24, 2.45) is 10.9 Å². The molecule has 6 nitrogen and oxygen atoms in total. The van der Waals surface area contributed by atoms with Crippen molar-refractivity contribution in [3.8, 4) is 0 Å². The molecule has 6 heteroatoms. The van der Waals surface area contributed by atoms with E-state index in [4.69, 9.17) is 4.74 Å². The first kappa shape index (κ1) is 18.5. The van der Waals surface area contributed by atoms with Gasteiger partial charge in [-0.3, -0.25) is 9.67 Å². The lowest BCUT2D eigenvalue weighted by molar-refractivity contribution is -0.0265. The highest BCUT2D eigenvalue weighted by atomic mass is 16.5. The maximum atomic E-state index is 6.10. The monoisotopic (exact) mass is 355 g/mol. The van der Waals surface area contributed by atoms with E-state index in [9.17, 15) is 0 Å². The minimum Gasteiger partial charge on any atom is -0.373 e. The molecule has 2 aromatic rings. The van der Waals surface area contributed by atoms with E-state index < -0.39 is 0 Å². The summed E-state index contributed by atoms with van der Waals surface area (Å²) in [6, 6.07) is 10.6. The van der Waals surface area contributed by atoms with Gasteiger partial charge in [-0.2, -0.15) is 5.10 Å². The molecular weight excluding hydrogens is 326 g/mol. The summed E-state index contributed by atoms with van der Waals surface area (Å²) >= 11 is 0. The van der Waals surface area contributed by atoms with Gasteiger partial charge in [0.1, 0.15) is 0 Å². The van der Waals surface area contributed by atoms with Crippen LogP contribution in [-0.4, -0.2) is 42.5 Å². The zero-order valence-corrected chi connectivity index (χ0v) is 15.7. The van der Waals surface area contributed by atoms with Gasteiger partial charge in [0.2, 0.25) is 0 Å². The van der Waals surface area contributed by atoms with Crippen molar-refractivity contribution in [1.82, 2.24) is 20.4 Å². The highest BCUT2D eigenvalue weighted by Gasteiger charge is 2.27. The van der Waals surface area contributed by atoms with Crippen molar-refractivity contribution in [2.75, 3.05) is 26.7 Å². The third-order valence-corrected chi connectivity index (χ3v) is 4.80. The van der Waals surface area contributed by atoms with E-state index >= 15 is 0 Å². The normalized spacial score (nSPS) is 20.8.